The minimum atomic E-state index is -0.279. The first-order chi connectivity index (χ1) is 10.6. The second kappa shape index (κ2) is 5.96. The van der Waals surface area contributed by atoms with Crippen LogP contribution in [0.25, 0.3) is 0 Å². The van der Waals surface area contributed by atoms with Crippen LogP contribution in [0.1, 0.15) is 42.6 Å². The lowest BCUT2D eigenvalue weighted by atomic mass is 9.87. The number of rotatable bonds is 3. The van der Waals surface area contributed by atoms with Crippen molar-refractivity contribution in [1.29, 1.82) is 0 Å². The maximum absolute atomic E-state index is 12.7. The minimum absolute atomic E-state index is 0.118. The van der Waals surface area contributed by atoms with E-state index in [1.807, 2.05) is 37.3 Å². The number of aryl methyl sites for hydroxylation is 1. The molecule has 2 heterocycles. The van der Waals surface area contributed by atoms with Gasteiger partial charge in [0.25, 0.3) is 5.56 Å². The number of thiol groups is 1. The molecule has 114 valence electrons. The number of carbonyl (C=O) groups is 1. The van der Waals surface area contributed by atoms with E-state index in [2.05, 4.69) is 23.1 Å². The van der Waals surface area contributed by atoms with Gasteiger partial charge in [-0.2, -0.15) is 0 Å². The van der Waals surface area contributed by atoms with Crippen LogP contribution in [-0.4, -0.2) is 14.9 Å². The van der Waals surface area contributed by atoms with Gasteiger partial charge in [-0.05, 0) is 12.0 Å². The fourth-order valence-corrected chi connectivity index (χ4v) is 3.06. The van der Waals surface area contributed by atoms with Crippen LogP contribution in [0.15, 0.2) is 35.1 Å². The molecule has 0 spiro atoms. The standard InChI is InChI=1S/C16H17N3O2S/c1-2-6-12-17-15-14(16(21)19(12)22)11(9-13(20)18-15)10-7-4-3-5-8-10/h3-5,7-8,11,22H,2,6,9H2,1H3,(H,18,20). The van der Waals surface area contributed by atoms with Crippen molar-refractivity contribution in [2.45, 2.75) is 32.1 Å². The van der Waals surface area contributed by atoms with E-state index in [1.54, 1.807) is 0 Å². The largest absolute Gasteiger partial charge is 0.310 e. The summed E-state index contributed by atoms with van der Waals surface area (Å²) in [5, 5.41) is 2.73. The van der Waals surface area contributed by atoms with Gasteiger partial charge in [0.05, 0.1) is 5.56 Å². The van der Waals surface area contributed by atoms with E-state index in [0.717, 1.165) is 12.0 Å². The number of anilines is 1. The lowest BCUT2D eigenvalue weighted by Gasteiger charge is -2.25. The summed E-state index contributed by atoms with van der Waals surface area (Å²) in [6.45, 7) is 2.00. The van der Waals surface area contributed by atoms with E-state index in [-0.39, 0.29) is 23.8 Å². The first kappa shape index (κ1) is 14.8. The number of amides is 1. The van der Waals surface area contributed by atoms with Crippen molar-refractivity contribution in [1.82, 2.24) is 8.96 Å². The number of fused-ring (bicyclic) bond motifs is 1. The summed E-state index contributed by atoms with van der Waals surface area (Å²) in [6.07, 6.45) is 1.73. The first-order valence-electron chi connectivity index (χ1n) is 7.31. The molecule has 0 bridgehead atoms. The van der Waals surface area contributed by atoms with Crippen LogP contribution in [-0.2, 0) is 11.2 Å². The summed E-state index contributed by atoms with van der Waals surface area (Å²) in [6, 6.07) is 9.57. The monoisotopic (exact) mass is 315 g/mol. The highest BCUT2D eigenvalue weighted by Crippen LogP contribution is 2.33. The summed E-state index contributed by atoms with van der Waals surface area (Å²) in [4.78, 5) is 29.1. The van der Waals surface area contributed by atoms with Crippen LogP contribution in [0.4, 0.5) is 5.82 Å². The van der Waals surface area contributed by atoms with Crippen molar-refractivity contribution in [3.05, 3.63) is 57.6 Å². The smallest absolute Gasteiger partial charge is 0.269 e. The fraction of sp³-hybridized carbons (Fsp3) is 0.312. The number of aromatic nitrogens is 2. The van der Waals surface area contributed by atoms with E-state index in [9.17, 15) is 9.59 Å². The Morgan fingerprint density at radius 2 is 2.05 bits per heavy atom. The molecule has 1 N–H and O–H groups in total. The molecule has 1 atom stereocenters. The minimum Gasteiger partial charge on any atom is -0.310 e. The zero-order chi connectivity index (χ0) is 15.7. The summed E-state index contributed by atoms with van der Waals surface area (Å²) >= 11 is 4.28. The van der Waals surface area contributed by atoms with E-state index >= 15 is 0 Å². The van der Waals surface area contributed by atoms with E-state index in [1.165, 1.54) is 3.97 Å². The van der Waals surface area contributed by atoms with Crippen molar-refractivity contribution >= 4 is 24.5 Å². The molecule has 1 aliphatic rings. The second-order valence-electron chi connectivity index (χ2n) is 5.37. The van der Waals surface area contributed by atoms with Crippen molar-refractivity contribution in [2.75, 3.05) is 5.32 Å². The van der Waals surface area contributed by atoms with E-state index < -0.39 is 0 Å². The molecule has 22 heavy (non-hydrogen) atoms. The number of hydrogen-bond donors (Lipinski definition) is 2. The number of carbonyl (C=O) groups excluding carboxylic acids is 1. The molecule has 0 saturated heterocycles. The SMILES string of the molecule is CCCc1nc2c(c(=O)n1S)C(c1ccccc1)CC(=O)N2. The molecule has 1 amide bonds. The molecule has 0 aliphatic carbocycles. The maximum atomic E-state index is 12.7. The summed E-state index contributed by atoms with van der Waals surface area (Å²) in [7, 11) is 0. The molecule has 2 aromatic rings. The van der Waals surface area contributed by atoms with Gasteiger partial charge in [-0.15, -0.1) is 0 Å². The highest BCUT2D eigenvalue weighted by molar-refractivity contribution is 7.78. The number of benzene rings is 1. The Morgan fingerprint density at radius 1 is 1.32 bits per heavy atom. The van der Waals surface area contributed by atoms with Crippen LogP contribution in [0.5, 0.6) is 0 Å². The van der Waals surface area contributed by atoms with Crippen molar-refractivity contribution in [3.63, 3.8) is 0 Å². The summed E-state index contributed by atoms with van der Waals surface area (Å²) in [5.74, 6) is 0.555. The van der Waals surface area contributed by atoms with Crippen LogP contribution in [0.3, 0.4) is 0 Å². The third-order valence-corrected chi connectivity index (χ3v) is 4.25. The lowest BCUT2D eigenvalue weighted by molar-refractivity contribution is -0.116. The molecule has 0 fully saturated rings. The average Bonchev–Trinajstić information content (AvgIpc) is 2.52. The van der Waals surface area contributed by atoms with Crippen LogP contribution in [0.2, 0.25) is 0 Å². The molecule has 1 aromatic heterocycles. The molecule has 1 aliphatic heterocycles. The third-order valence-electron chi connectivity index (χ3n) is 3.83. The number of nitrogens with one attached hydrogen (secondary N) is 1. The third kappa shape index (κ3) is 2.54. The zero-order valence-corrected chi connectivity index (χ0v) is 13.1. The van der Waals surface area contributed by atoms with E-state index in [0.29, 0.717) is 23.6 Å². The summed E-state index contributed by atoms with van der Waals surface area (Å²) < 4.78 is 1.30. The average molecular weight is 315 g/mol. The van der Waals surface area contributed by atoms with Crippen molar-refractivity contribution < 1.29 is 4.79 Å². The van der Waals surface area contributed by atoms with Gasteiger partial charge in [-0.25, -0.2) is 8.96 Å². The fourth-order valence-electron chi connectivity index (χ4n) is 2.80. The number of hydrogen-bond acceptors (Lipinski definition) is 4. The number of nitrogens with zero attached hydrogens (tertiary/aromatic N) is 2. The Bertz CT molecular complexity index is 771. The molecular formula is C16H17N3O2S. The van der Waals surface area contributed by atoms with Crippen LogP contribution >= 0.6 is 12.8 Å². The Morgan fingerprint density at radius 3 is 2.73 bits per heavy atom. The molecule has 0 radical (unpaired) electrons. The molecule has 1 aromatic carbocycles. The normalized spacial score (nSPS) is 17.0. The topological polar surface area (TPSA) is 64.0 Å². The molecular weight excluding hydrogens is 298 g/mol. The molecule has 0 saturated carbocycles. The predicted octanol–water partition coefficient (Wildman–Crippen LogP) is 2.36. The second-order valence-corrected chi connectivity index (χ2v) is 5.77. The van der Waals surface area contributed by atoms with Gasteiger partial charge in [-0.3, -0.25) is 9.59 Å². The van der Waals surface area contributed by atoms with Crippen molar-refractivity contribution in [3.8, 4) is 0 Å². The van der Waals surface area contributed by atoms with Gasteiger partial charge in [0.2, 0.25) is 5.91 Å². The van der Waals surface area contributed by atoms with E-state index in [4.69, 9.17) is 0 Å². The highest BCUT2D eigenvalue weighted by Gasteiger charge is 2.31. The maximum Gasteiger partial charge on any atom is 0.269 e. The van der Waals surface area contributed by atoms with Crippen LogP contribution < -0.4 is 10.9 Å². The lowest BCUT2D eigenvalue weighted by Crippen LogP contribution is -2.34. The van der Waals surface area contributed by atoms with Crippen LogP contribution in [0, 0.1) is 0 Å². The molecule has 5 nitrogen and oxygen atoms in total. The highest BCUT2D eigenvalue weighted by atomic mass is 32.1. The Balaban J connectivity index is 2.19. The zero-order valence-electron chi connectivity index (χ0n) is 12.2. The molecule has 3 rings (SSSR count). The van der Waals surface area contributed by atoms with Gasteiger partial charge in [0.15, 0.2) is 0 Å². The first-order valence-corrected chi connectivity index (χ1v) is 7.71. The Kier molecular flexibility index (Phi) is 4.02. The van der Waals surface area contributed by atoms with Gasteiger partial charge in [0, 0.05) is 18.8 Å². The molecule has 6 heteroatoms. The Labute approximate surface area is 133 Å². The van der Waals surface area contributed by atoms with Gasteiger partial charge in [0.1, 0.15) is 11.6 Å². The summed E-state index contributed by atoms with van der Waals surface area (Å²) in [5.41, 5.74) is 1.25. The molecule has 1 unspecified atom stereocenters. The quantitative estimate of drug-likeness (QED) is 0.855. The predicted molar refractivity (Wildman–Crippen MR) is 88.4 cm³/mol. The van der Waals surface area contributed by atoms with Gasteiger partial charge >= 0.3 is 0 Å². The van der Waals surface area contributed by atoms with Gasteiger partial charge < -0.3 is 5.32 Å². The van der Waals surface area contributed by atoms with Crippen molar-refractivity contribution in [2.24, 2.45) is 0 Å². The van der Waals surface area contributed by atoms with Gasteiger partial charge in [-0.1, -0.05) is 50.1 Å². The Hall–Kier alpha value is -2.08.